The molecule has 1 aliphatic carbocycles. The van der Waals surface area contributed by atoms with Crippen LogP contribution in [0.2, 0.25) is 0 Å². The molecule has 3 heterocycles. The molecule has 0 aromatic carbocycles. The maximum absolute atomic E-state index is 13.9. The van der Waals surface area contributed by atoms with E-state index in [1.807, 2.05) is 41.5 Å². The number of likely N-dealkylation sites (tertiary alicyclic amines) is 1. The van der Waals surface area contributed by atoms with Gasteiger partial charge in [0.2, 0.25) is 5.91 Å². The molecule has 162 valence electrons. The number of nitrogens with zero attached hydrogens (tertiary/aromatic N) is 3. The number of halogens is 1. The van der Waals surface area contributed by atoms with Gasteiger partial charge in [-0.2, -0.15) is 0 Å². The van der Waals surface area contributed by atoms with Gasteiger partial charge in [-0.15, -0.1) is 0 Å². The monoisotopic (exact) mass is 416 g/mol. The molecule has 0 radical (unpaired) electrons. The van der Waals surface area contributed by atoms with Gasteiger partial charge in [0.05, 0.1) is 17.3 Å². The second kappa shape index (κ2) is 6.68. The predicted molar refractivity (Wildman–Crippen MR) is 109 cm³/mol. The quantitative estimate of drug-likeness (QED) is 0.833. The van der Waals surface area contributed by atoms with E-state index >= 15 is 0 Å². The SMILES string of the molecule is Cc1cc(F)cn2c(C(C)(C)NC(=O)C3C4CN(C(=O)OC(C)(C)C)CC43)ncc12. The lowest BCUT2D eigenvalue weighted by molar-refractivity contribution is -0.125. The Morgan fingerprint density at radius 2 is 1.83 bits per heavy atom. The molecule has 2 aliphatic rings. The summed E-state index contributed by atoms with van der Waals surface area (Å²) in [5.74, 6) is 0.376. The summed E-state index contributed by atoms with van der Waals surface area (Å²) in [5, 5.41) is 3.08. The van der Waals surface area contributed by atoms with Gasteiger partial charge in [-0.25, -0.2) is 14.2 Å². The number of hydrogen-bond acceptors (Lipinski definition) is 4. The Balaban J connectivity index is 1.42. The van der Waals surface area contributed by atoms with E-state index < -0.39 is 11.1 Å². The Bertz CT molecular complexity index is 1010. The zero-order chi connectivity index (χ0) is 22.0. The number of imidazole rings is 1. The number of nitrogens with one attached hydrogen (secondary N) is 1. The van der Waals surface area contributed by atoms with Gasteiger partial charge >= 0.3 is 6.09 Å². The average molecular weight is 416 g/mol. The number of carbonyl (C=O) groups excluding carboxylic acids is 2. The standard InChI is InChI=1S/C22H29FN4O3/c1-12-7-13(23)9-27-16(12)8-24-19(27)22(5,6)25-18(28)17-14-10-26(11-15(14)17)20(29)30-21(2,3)4/h7-9,14-15,17H,10-11H2,1-6H3,(H,25,28). The summed E-state index contributed by atoms with van der Waals surface area (Å²) in [6.07, 6.45) is 2.77. The molecule has 7 nitrogen and oxygen atoms in total. The van der Waals surface area contributed by atoms with E-state index in [-0.39, 0.29) is 35.6 Å². The number of rotatable bonds is 3. The summed E-state index contributed by atoms with van der Waals surface area (Å²) in [5.41, 5.74) is 0.292. The van der Waals surface area contributed by atoms with Crippen molar-refractivity contribution in [3.63, 3.8) is 0 Å². The lowest BCUT2D eigenvalue weighted by Gasteiger charge is -2.27. The van der Waals surface area contributed by atoms with Crippen molar-refractivity contribution in [2.24, 2.45) is 17.8 Å². The van der Waals surface area contributed by atoms with E-state index in [0.717, 1.165) is 11.1 Å². The molecule has 0 bridgehead atoms. The van der Waals surface area contributed by atoms with Gasteiger partial charge in [0, 0.05) is 25.2 Å². The molecule has 1 saturated heterocycles. The van der Waals surface area contributed by atoms with Crippen molar-refractivity contribution in [1.82, 2.24) is 19.6 Å². The Labute approximate surface area is 175 Å². The van der Waals surface area contributed by atoms with Gasteiger partial charge in [-0.05, 0) is 65.0 Å². The van der Waals surface area contributed by atoms with Crippen LogP contribution in [0.5, 0.6) is 0 Å². The van der Waals surface area contributed by atoms with Crippen LogP contribution in [-0.2, 0) is 15.1 Å². The maximum atomic E-state index is 13.9. The Kier molecular flexibility index (Phi) is 4.60. The van der Waals surface area contributed by atoms with Crippen LogP contribution in [0.25, 0.3) is 5.52 Å². The van der Waals surface area contributed by atoms with E-state index in [0.29, 0.717) is 18.9 Å². The van der Waals surface area contributed by atoms with Crippen LogP contribution in [0.15, 0.2) is 18.5 Å². The number of amides is 2. The van der Waals surface area contributed by atoms with E-state index in [1.165, 1.54) is 12.3 Å². The van der Waals surface area contributed by atoms with Gasteiger partial charge in [-0.3, -0.25) is 9.20 Å². The number of fused-ring (bicyclic) bond motifs is 2. The molecule has 2 fully saturated rings. The summed E-state index contributed by atoms with van der Waals surface area (Å²) < 4.78 is 21.0. The molecule has 4 rings (SSSR count). The van der Waals surface area contributed by atoms with E-state index in [1.54, 1.807) is 15.5 Å². The lowest BCUT2D eigenvalue weighted by atomic mass is 10.0. The van der Waals surface area contributed by atoms with Crippen molar-refractivity contribution in [2.75, 3.05) is 13.1 Å². The molecule has 2 atom stereocenters. The van der Waals surface area contributed by atoms with Crippen molar-refractivity contribution < 1.29 is 18.7 Å². The fraction of sp³-hybridized carbons (Fsp3) is 0.591. The average Bonchev–Trinajstić information content (AvgIpc) is 2.93. The number of aromatic nitrogens is 2. The first-order valence-corrected chi connectivity index (χ1v) is 10.3. The van der Waals surface area contributed by atoms with Crippen LogP contribution in [0.1, 0.15) is 46.0 Å². The van der Waals surface area contributed by atoms with Crippen LogP contribution in [0.3, 0.4) is 0 Å². The number of piperidine rings is 1. The second-order valence-electron chi connectivity index (χ2n) is 10.0. The smallest absolute Gasteiger partial charge is 0.410 e. The highest BCUT2D eigenvalue weighted by Gasteiger charge is 2.61. The highest BCUT2D eigenvalue weighted by atomic mass is 19.1. The fourth-order valence-corrected chi connectivity index (χ4v) is 4.53. The molecular formula is C22H29FN4O3. The van der Waals surface area contributed by atoms with Gasteiger partial charge in [0.25, 0.3) is 0 Å². The van der Waals surface area contributed by atoms with Crippen molar-refractivity contribution >= 4 is 17.5 Å². The molecule has 0 spiro atoms. The fourth-order valence-electron chi connectivity index (χ4n) is 4.53. The minimum Gasteiger partial charge on any atom is -0.444 e. The molecular weight excluding hydrogens is 387 g/mol. The first-order chi connectivity index (χ1) is 13.9. The van der Waals surface area contributed by atoms with Crippen molar-refractivity contribution in [1.29, 1.82) is 0 Å². The number of aryl methyl sites for hydroxylation is 1. The van der Waals surface area contributed by atoms with Crippen molar-refractivity contribution in [2.45, 2.75) is 52.7 Å². The molecule has 8 heteroatoms. The van der Waals surface area contributed by atoms with Crippen LogP contribution in [-0.4, -0.2) is 45.0 Å². The third-order valence-corrected chi connectivity index (χ3v) is 5.95. The third kappa shape index (κ3) is 3.63. The molecule has 1 saturated carbocycles. The zero-order valence-electron chi connectivity index (χ0n) is 18.3. The molecule has 2 unspecified atom stereocenters. The van der Waals surface area contributed by atoms with Gasteiger partial charge < -0.3 is 15.0 Å². The molecule has 2 amide bonds. The number of pyridine rings is 1. The lowest BCUT2D eigenvalue weighted by Crippen LogP contribution is -2.45. The Hall–Kier alpha value is -2.64. The van der Waals surface area contributed by atoms with Crippen LogP contribution in [0, 0.1) is 30.5 Å². The van der Waals surface area contributed by atoms with Crippen molar-refractivity contribution in [3.8, 4) is 0 Å². The van der Waals surface area contributed by atoms with E-state index in [2.05, 4.69) is 10.3 Å². The van der Waals surface area contributed by atoms with Crippen LogP contribution >= 0.6 is 0 Å². The van der Waals surface area contributed by atoms with Gasteiger partial charge in [-0.1, -0.05) is 0 Å². The topological polar surface area (TPSA) is 75.9 Å². The summed E-state index contributed by atoms with van der Waals surface area (Å²) in [7, 11) is 0. The summed E-state index contributed by atoms with van der Waals surface area (Å²) >= 11 is 0. The number of hydrogen-bond donors (Lipinski definition) is 1. The van der Waals surface area contributed by atoms with E-state index in [4.69, 9.17) is 4.74 Å². The Morgan fingerprint density at radius 3 is 2.43 bits per heavy atom. The van der Waals surface area contributed by atoms with E-state index in [9.17, 15) is 14.0 Å². The molecule has 2 aromatic rings. The second-order valence-corrected chi connectivity index (χ2v) is 10.0. The highest BCUT2D eigenvalue weighted by Crippen LogP contribution is 2.52. The minimum absolute atomic E-state index is 0.0521. The molecule has 1 aliphatic heterocycles. The Morgan fingerprint density at radius 1 is 1.20 bits per heavy atom. The van der Waals surface area contributed by atoms with Crippen molar-refractivity contribution in [3.05, 3.63) is 35.7 Å². The summed E-state index contributed by atoms with van der Waals surface area (Å²) in [6.45, 7) is 12.2. The maximum Gasteiger partial charge on any atom is 0.410 e. The predicted octanol–water partition coefficient (Wildman–Crippen LogP) is 3.25. The highest BCUT2D eigenvalue weighted by molar-refractivity contribution is 5.84. The molecule has 30 heavy (non-hydrogen) atoms. The molecule has 2 aromatic heterocycles. The minimum atomic E-state index is -0.772. The normalized spacial score (nSPS) is 23.4. The zero-order valence-corrected chi connectivity index (χ0v) is 18.3. The van der Waals surface area contributed by atoms with Gasteiger partial charge in [0.15, 0.2) is 0 Å². The first kappa shape index (κ1) is 20.6. The van der Waals surface area contributed by atoms with Crippen LogP contribution in [0.4, 0.5) is 9.18 Å². The third-order valence-electron chi connectivity index (χ3n) is 5.95. The molecule has 1 N–H and O–H groups in total. The number of carbonyl (C=O) groups is 2. The largest absolute Gasteiger partial charge is 0.444 e. The van der Waals surface area contributed by atoms with Gasteiger partial charge in [0.1, 0.15) is 17.2 Å². The summed E-state index contributed by atoms with van der Waals surface area (Å²) in [6, 6.07) is 1.47. The first-order valence-electron chi connectivity index (χ1n) is 10.3. The summed E-state index contributed by atoms with van der Waals surface area (Å²) in [4.78, 5) is 31.3. The van der Waals surface area contributed by atoms with Crippen LogP contribution < -0.4 is 5.32 Å². The number of ether oxygens (including phenoxy) is 1.